The molecule has 6 heteroatoms. The third-order valence-corrected chi connectivity index (χ3v) is 4.07. The van der Waals surface area contributed by atoms with Crippen LogP contribution in [0, 0.1) is 0 Å². The van der Waals surface area contributed by atoms with Crippen molar-refractivity contribution in [2.24, 2.45) is 0 Å². The third-order valence-electron chi connectivity index (χ3n) is 2.37. The van der Waals surface area contributed by atoms with Crippen molar-refractivity contribution < 1.29 is 13.2 Å². The van der Waals surface area contributed by atoms with E-state index in [0.717, 1.165) is 6.42 Å². The minimum Gasteiger partial charge on any atom is -0.491 e. The summed E-state index contributed by atoms with van der Waals surface area (Å²) in [5.74, 6) is 0.610. The van der Waals surface area contributed by atoms with Gasteiger partial charge in [0.2, 0.25) is 10.0 Å². The highest BCUT2D eigenvalue weighted by Crippen LogP contribution is 2.20. The van der Waals surface area contributed by atoms with Crippen molar-refractivity contribution in [1.82, 2.24) is 0 Å². The summed E-state index contributed by atoms with van der Waals surface area (Å²) in [6.07, 6.45) is 0.988. The summed E-state index contributed by atoms with van der Waals surface area (Å²) in [7, 11) is -3.37. The van der Waals surface area contributed by atoms with Crippen LogP contribution in [-0.2, 0) is 10.0 Å². The molecule has 4 nitrogen and oxygen atoms in total. The largest absolute Gasteiger partial charge is 0.491 e. The Morgan fingerprint density at radius 2 is 2.17 bits per heavy atom. The molecule has 1 N–H and O–H groups in total. The summed E-state index contributed by atoms with van der Waals surface area (Å²) < 4.78 is 31.2. The average Bonchev–Trinajstić information content (AvgIpc) is 2.28. The fourth-order valence-corrected chi connectivity index (χ4v) is 2.68. The lowest BCUT2D eigenvalue weighted by Crippen LogP contribution is -2.17. The van der Waals surface area contributed by atoms with Gasteiger partial charge in [-0.25, -0.2) is 8.42 Å². The second-order valence-electron chi connectivity index (χ2n) is 3.97. The van der Waals surface area contributed by atoms with Gasteiger partial charge in [-0.05, 0) is 25.5 Å². The quantitative estimate of drug-likeness (QED) is 0.786. The molecule has 0 aliphatic carbocycles. The van der Waals surface area contributed by atoms with E-state index >= 15 is 0 Å². The molecule has 0 aliphatic heterocycles. The Kier molecular flexibility index (Phi) is 5.75. The molecule has 0 aromatic heterocycles. The zero-order chi connectivity index (χ0) is 13.6. The summed E-state index contributed by atoms with van der Waals surface area (Å²) in [6, 6.07) is 6.88. The molecule has 1 aromatic rings. The number of ether oxygens (including phenoxy) is 1. The number of nitrogens with one attached hydrogen (secondary N) is 1. The zero-order valence-electron chi connectivity index (χ0n) is 10.5. The van der Waals surface area contributed by atoms with E-state index in [0.29, 0.717) is 11.4 Å². The minimum absolute atomic E-state index is 0.0679. The lowest BCUT2D eigenvalue weighted by atomic mass is 10.3. The molecule has 1 rings (SSSR count). The molecule has 0 fully saturated rings. The number of halogens is 1. The van der Waals surface area contributed by atoms with Crippen molar-refractivity contribution in [2.45, 2.75) is 26.4 Å². The Bertz CT molecular complexity index is 476. The fraction of sp³-hybridized carbons (Fsp3) is 0.500. The third kappa shape index (κ3) is 5.14. The van der Waals surface area contributed by atoms with Crippen LogP contribution in [0.4, 0.5) is 5.69 Å². The van der Waals surface area contributed by atoms with E-state index in [1.54, 1.807) is 24.3 Å². The molecule has 1 atom stereocenters. The molecule has 0 saturated heterocycles. The van der Waals surface area contributed by atoms with Crippen LogP contribution in [0.1, 0.15) is 20.3 Å². The molecule has 0 spiro atoms. The SMILES string of the molecule is CCC(C)Oc1cccc(NS(=O)(=O)CCCl)c1. The zero-order valence-corrected chi connectivity index (χ0v) is 12.1. The van der Waals surface area contributed by atoms with Gasteiger partial charge in [-0.3, -0.25) is 4.72 Å². The molecular weight excluding hydrogens is 274 g/mol. The number of hydrogen-bond acceptors (Lipinski definition) is 3. The Labute approximate surface area is 113 Å². The van der Waals surface area contributed by atoms with Crippen molar-refractivity contribution in [3.05, 3.63) is 24.3 Å². The van der Waals surface area contributed by atoms with E-state index in [1.807, 2.05) is 13.8 Å². The predicted octanol–water partition coefficient (Wildman–Crippen LogP) is 2.84. The number of alkyl halides is 1. The molecular formula is C12H18ClNO3S. The van der Waals surface area contributed by atoms with Crippen molar-refractivity contribution in [3.63, 3.8) is 0 Å². The first kappa shape index (κ1) is 15.1. The first-order valence-electron chi connectivity index (χ1n) is 5.80. The number of anilines is 1. The van der Waals surface area contributed by atoms with E-state index in [1.165, 1.54) is 0 Å². The maximum atomic E-state index is 11.6. The van der Waals surface area contributed by atoms with Gasteiger partial charge in [0, 0.05) is 11.9 Å². The Morgan fingerprint density at radius 1 is 1.44 bits per heavy atom. The number of rotatable bonds is 7. The van der Waals surface area contributed by atoms with Crippen molar-refractivity contribution in [2.75, 3.05) is 16.4 Å². The van der Waals surface area contributed by atoms with Crippen LogP contribution < -0.4 is 9.46 Å². The highest BCUT2D eigenvalue weighted by Gasteiger charge is 2.10. The van der Waals surface area contributed by atoms with E-state index in [2.05, 4.69) is 4.72 Å². The summed E-state index contributed by atoms with van der Waals surface area (Å²) in [5, 5.41) is 0. The molecule has 0 saturated carbocycles. The normalized spacial score (nSPS) is 13.1. The standard InChI is InChI=1S/C12H18ClNO3S/c1-3-10(2)17-12-6-4-5-11(9-12)14-18(15,16)8-7-13/h4-6,9-10,14H,3,7-8H2,1-2H3. The molecule has 0 heterocycles. The lowest BCUT2D eigenvalue weighted by Gasteiger charge is -2.14. The van der Waals surface area contributed by atoms with Crippen LogP contribution in [0.25, 0.3) is 0 Å². The molecule has 18 heavy (non-hydrogen) atoms. The lowest BCUT2D eigenvalue weighted by molar-refractivity contribution is 0.217. The maximum absolute atomic E-state index is 11.6. The molecule has 1 unspecified atom stereocenters. The van der Waals surface area contributed by atoms with Gasteiger partial charge >= 0.3 is 0 Å². The number of benzene rings is 1. The highest BCUT2D eigenvalue weighted by atomic mass is 35.5. The van der Waals surface area contributed by atoms with Gasteiger partial charge in [0.15, 0.2) is 0 Å². The highest BCUT2D eigenvalue weighted by molar-refractivity contribution is 7.92. The van der Waals surface area contributed by atoms with E-state index < -0.39 is 10.0 Å². The number of hydrogen-bond donors (Lipinski definition) is 1. The Hall–Kier alpha value is -0.940. The van der Waals surface area contributed by atoms with Gasteiger partial charge in [0.05, 0.1) is 17.5 Å². The monoisotopic (exact) mass is 291 g/mol. The van der Waals surface area contributed by atoms with Crippen LogP contribution in [0.2, 0.25) is 0 Å². The van der Waals surface area contributed by atoms with E-state index in [9.17, 15) is 8.42 Å². The first-order valence-corrected chi connectivity index (χ1v) is 7.98. The first-order chi connectivity index (χ1) is 8.46. The number of sulfonamides is 1. The Balaban J connectivity index is 2.76. The van der Waals surface area contributed by atoms with Crippen LogP contribution in [0.15, 0.2) is 24.3 Å². The topological polar surface area (TPSA) is 55.4 Å². The summed E-state index contributed by atoms with van der Waals surface area (Å²) in [4.78, 5) is 0. The summed E-state index contributed by atoms with van der Waals surface area (Å²) >= 11 is 5.43. The van der Waals surface area contributed by atoms with Gasteiger partial charge in [-0.2, -0.15) is 0 Å². The van der Waals surface area contributed by atoms with Crippen LogP contribution >= 0.6 is 11.6 Å². The predicted molar refractivity (Wildman–Crippen MR) is 75.0 cm³/mol. The molecule has 0 bridgehead atoms. The summed E-state index contributed by atoms with van der Waals surface area (Å²) in [5.41, 5.74) is 0.487. The molecule has 0 amide bonds. The average molecular weight is 292 g/mol. The molecule has 0 aliphatic rings. The van der Waals surface area contributed by atoms with Crippen molar-refractivity contribution >= 4 is 27.3 Å². The van der Waals surface area contributed by atoms with Crippen LogP contribution in [0.3, 0.4) is 0 Å². The van der Waals surface area contributed by atoms with Gasteiger partial charge < -0.3 is 4.74 Å². The smallest absolute Gasteiger partial charge is 0.233 e. The molecule has 102 valence electrons. The second kappa shape index (κ2) is 6.85. The van der Waals surface area contributed by atoms with Gasteiger partial charge in [0.25, 0.3) is 0 Å². The van der Waals surface area contributed by atoms with E-state index in [4.69, 9.17) is 16.3 Å². The summed E-state index contributed by atoms with van der Waals surface area (Å²) in [6.45, 7) is 3.99. The maximum Gasteiger partial charge on any atom is 0.233 e. The van der Waals surface area contributed by atoms with Crippen molar-refractivity contribution in [3.8, 4) is 5.75 Å². The molecule has 0 radical (unpaired) electrons. The van der Waals surface area contributed by atoms with Crippen molar-refractivity contribution in [1.29, 1.82) is 0 Å². The van der Waals surface area contributed by atoms with E-state index in [-0.39, 0.29) is 17.7 Å². The second-order valence-corrected chi connectivity index (χ2v) is 6.19. The van der Waals surface area contributed by atoms with Crippen LogP contribution in [-0.4, -0.2) is 26.2 Å². The Morgan fingerprint density at radius 3 is 2.78 bits per heavy atom. The minimum atomic E-state index is -3.37. The fourth-order valence-electron chi connectivity index (χ4n) is 1.28. The van der Waals surface area contributed by atoms with Crippen LogP contribution in [0.5, 0.6) is 5.75 Å². The van der Waals surface area contributed by atoms with Gasteiger partial charge in [-0.1, -0.05) is 13.0 Å². The molecule has 1 aromatic carbocycles. The van der Waals surface area contributed by atoms with Gasteiger partial charge in [0.1, 0.15) is 5.75 Å². The van der Waals surface area contributed by atoms with Gasteiger partial charge in [-0.15, -0.1) is 11.6 Å².